The van der Waals surface area contributed by atoms with Gasteiger partial charge < -0.3 is 0 Å². The van der Waals surface area contributed by atoms with Crippen LogP contribution in [0.2, 0.25) is 0 Å². The van der Waals surface area contributed by atoms with Crippen LogP contribution in [0.1, 0.15) is 6.92 Å². The van der Waals surface area contributed by atoms with Crippen molar-refractivity contribution in [3.8, 4) is 0 Å². The molecule has 0 amide bonds. The van der Waals surface area contributed by atoms with Crippen molar-refractivity contribution in [3.63, 3.8) is 0 Å². The van der Waals surface area contributed by atoms with Crippen LogP contribution in [0.3, 0.4) is 0 Å². The molecule has 0 bridgehead atoms. The Labute approximate surface area is 60.6 Å². The zero-order valence-corrected chi connectivity index (χ0v) is 6.85. The van der Waals surface area contributed by atoms with Gasteiger partial charge in [-0.2, -0.15) is 0 Å². The smallest absolute Gasteiger partial charge is 0.241 e. The van der Waals surface area contributed by atoms with Gasteiger partial charge in [0, 0.05) is 12.8 Å². The first-order valence-corrected chi connectivity index (χ1v) is 4.62. The maximum Gasteiger partial charge on any atom is 0.241 e. The van der Waals surface area contributed by atoms with Crippen LogP contribution < -0.4 is 0 Å². The Bertz CT molecular complexity index is 240. The Morgan fingerprint density at radius 1 is 1.60 bits per heavy atom. The third-order valence-corrected chi connectivity index (χ3v) is 1.68. The average Bonchev–Trinajstić information content (AvgIpc) is 1.80. The quantitative estimate of drug-likeness (QED) is 0.406. The summed E-state index contributed by atoms with van der Waals surface area (Å²) in [4.78, 5) is 6.87. The van der Waals surface area contributed by atoms with Crippen molar-refractivity contribution in [2.75, 3.05) is 12.8 Å². The molecule has 58 valence electrons. The van der Waals surface area contributed by atoms with Crippen LogP contribution in [0.4, 0.5) is 0 Å². The van der Waals surface area contributed by atoms with Gasteiger partial charge in [0.1, 0.15) is 0 Å². The molecule has 0 aromatic rings. The number of hydrogen-bond acceptors (Lipinski definition) is 3. The predicted molar refractivity (Wildman–Crippen MR) is 42.4 cm³/mol. The highest BCUT2D eigenvalue weighted by atomic mass is 32.2. The summed E-state index contributed by atoms with van der Waals surface area (Å²) in [6.07, 6.45) is 1.05. The van der Waals surface area contributed by atoms with E-state index >= 15 is 0 Å². The van der Waals surface area contributed by atoms with Crippen LogP contribution in [0.15, 0.2) is 9.98 Å². The SMILES string of the molecule is C=N/C(=N\CC)S(C)(=O)=O. The molecule has 0 aliphatic carbocycles. The van der Waals surface area contributed by atoms with E-state index in [1.165, 1.54) is 0 Å². The van der Waals surface area contributed by atoms with E-state index in [4.69, 9.17) is 0 Å². The van der Waals surface area contributed by atoms with Crippen LogP contribution in [0.5, 0.6) is 0 Å². The van der Waals surface area contributed by atoms with Crippen molar-refractivity contribution in [2.24, 2.45) is 9.98 Å². The fraction of sp³-hybridized carbons (Fsp3) is 0.600. The fourth-order valence-electron chi connectivity index (χ4n) is 0.420. The number of amidine groups is 1. The van der Waals surface area contributed by atoms with E-state index in [0.29, 0.717) is 6.54 Å². The van der Waals surface area contributed by atoms with E-state index in [0.717, 1.165) is 6.26 Å². The van der Waals surface area contributed by atoms with Gasteiger partial charge in [0.25, 0.3) is 0 Å². The summed E-state index contributed by atoms with van der Waals surface area (Å²) in [6, 6.07) is 0. The molecule has 0 radical (unpaired) electrons. The second-order valence-corrected chi connectivity index (χ2v) is 3.60. The summed E-state index contributed by atoms with van der Waals surface area (Å²) < 4.78 is 21.4. The molecule has 5 heteroatoms. The molecule has 0 heterocycles. The van der Waals surface area contributed by atoms with Crippen molar-refractivity contribution < 1.29 is 8.42 Å². The minimum Gasteiger partial charge on any atom is -0.257 e. The Morgan fingerprint density at radius 3 is 2.20 bits per heavy atom. The highest BCUT2D eigenvalue weighted by molar-refractivity contribution is 8.05. The summed E-state index contributed by atoms with van der Waals surface area (Å²) in [5, 5.41) is -0.185. The molecule has 0 aromatic heterocycles. The molecule has 0 unspecified atom stereocenters. The molecule has 4 nitrogen and oxygen atoms in total. The van der Waals surface area contributed by atoms with Gasteiger partial charge in [0.05, 0.1) is 0 Å². The summed E-state index contributed by atoms with van der Waals surface area (Å²) in [5.74, 6) is 0. The maximum absolute atomic E-state index is 10.7. The molecule has 10 heavy (non-hydrogen) atoms. The minimum absolute atomic E-state index is 0.185. The monoisotopic (exact) mass is 162 g/mol. The van der Waals surface area contributed by atoms with Gasteiger partial charge in [-0.1, -0.05) is 0 Å². The summed E-state index contributed by atoms with van der Waals surface area (Å²) >= 11 is 0. The zero-order chi connectivity index (χ0) is 8.20. The van der Waals surface area contributed by atoms with E-state index in [9.17, 15) is 8.42 Å². The van der Waals surface area contributed by atoms with E-state index in [1.54, 1.807) is 6.92 Å². The summed E-state index contributed by atoms with van der Waals surface area (Å²) in [7, 11) is -3.26. The summed E-state index contributed by atoms with van der Waals surface area (Å²) in [5.41, 5.74) is 0. The Kier molecular flexibility index (Phi) is 3.21. The highest BCUT2D eigenvalue weighted by Crippen LogP contribution is 1.90. The standard InChI is InChI=1S/C5H10N2O2S/c1-4-7-5(6-2)10(3,8)9/h2,4H2,1,3H3/b7-5+. The molecule has 0 saturated heterocycles. The Morgan fingerprint density at radius 2 is 2.10 bits per heavy atom. The molecule has 0 aliphatic heterocycles. The topological polar surface area (TPSA) is 58.9 Å². The van der Waals surface area contributed by atoms with Crippen LogP contribution in [-0.2, 0) is 9.84 Å². The lowest BCUT2D eigenvalue weighted by Gasteiger charge is -1.93. The molecule has 0 rings (SSSR count). The van der Waals surface area contributed by atoms with Crippen molar-refractivity contribution in [1.29, 1.82) is 0 Å². The average molecular weight is 162 g/mol. The van der Waals surface area contributed by atoms with E-state index in [-0.39, 0.29) is 5.17 Å². The van der Waals surface area contributed by atoms with Crippen molar-refractivity contribution >= 4 is 21.7 Å². The predicted octanol–water partition coefficient (Wildman–Crippen LogP) is 0.107. The van der Waals surface area contributed by atoms with E-state index in [1.807, 2.05) is 0 Å². The van der Waals surface area contributed by atoms with Crippen LogP contribution in [-0.4, -0.2) is 33.1 Å². The maximum atomic E-state index is 10.7. The van der Waals surface area contributed by atoms with Gasteiger partial charge in [-0.15, -0.1) is 0 Å². The number of rotatable bonds is 1. The molecule has 0 N–H and O–H groups in total. The largest absolute Gasteiger partial charge is 0.257 e. The first-order chi connectivity index (χ1) is 4.52. The second-order valence-electron chi connectivity index (χ2n) is 1.69. The van der Waals surface area contributed by atoms with Crippen LogP contribution in [0.25, 0.3) is 0 Å². The Balaban J connectivity index is 4.71. The van der Waals surface area contributed by atoms with Gasteiger partial charge >= 0.3 is 0 Å². The van der Waals surface area contributed by atoms with Crippen LogP contribution >= 0.6 is 0 Å². The van der Waals surface area contributed by atoms with Gasteiger partial charge in [0.15, 0.2) is 0 Å². The van der Waals surface area contributed by atoms with E-state index < -0.39 is 9.84 Å². The van der Waals surface area contributed by atoms with Gasteiger partial charge in [0.2, 0.25) is 15.0 Å². The minimum atomic E-state index is -3.26. The van der Waals surface area contributed by atoms with Crippen molar-refractivity contribution in [3.05, 3.63) is 0 Å². The fourth-order valence-corrected chi connectivity index (χ4v) is 1.02. The third-order valence-electron chi connectivity index (χ3n) is 0.760. The number of aliphatic imine (C=N–C) groups is 2. The summed E-state index contributed by atoms with van der Waals surface area (Å²) in [6.45, 7) is 5.22. The zero-order valence-electron chi connectivity index (χ0n) is 6.03. The third kappa shape index (κ3) is 2.72. The van der Waals surface area contributed by atoms with Crippen LogP contribution in [0, 0.1) is 0 Å². The van der Waals surface area contributed by atoms with Crippen molar-refractivity contribution in [2.45, 2.75) is 6.92 Å². The lowest BCUT2D eigenvalue weighted by atomic mass is 10.8. The number of sulfone groups is 1. The van der Waals surface area contributed by atoms with Gasteiger partial charge in [-0.25, -0.2) is 13.4 Å². The molecular weight excluding hydrogens is 152 g/mol. The lowest BCUT2D eigenvalue weighted by molar-refractivity contribution is 0.612. The Hall–Kier alpha value is -0.710. The van der Waals surface area contributed by atoms with Crippen molar-refractivity contribution in [1.82, 2.24) is 0 Å². The normalized spacial score (nSPS) is 13.2. The molecule has 0 fully saturated rings. The lowest BCUT2D eigenvalue weighted by Crippen LogP contribution is -2.09. The molecule has 0 aliphatic rings. The van der Waals surface area contributed by atoms with E-state index in [2.05, 4.69) is 16.7 Å². The van der Waals surface area contributed by atoms with Gasteiger partial charge in [-0.05, 0) is 13.6 Å². The molecular formula is C5H10N2O2S. The first-order valence-electron chi connectivity index (χ1n) is 2.73. The number of nitrogens with zero attached hydrogens (tertiary/aromatic N) is 2. The molecule has 0 spiro atoms. The molecule has 0 atom stereocenters. The molecule has 0 saturated carbocycles. The first kappa shape index (κ1) is 9.29. The molecule has 0 aromatic carbocycles. The number of hydrogen-bond donors (Lipinski definition) is 0. The highest BCUT2D eigenvalue weighted by Gasteiger charge is 2.08. The second kappa shape index (κ2) is 3.46. The van der Waals surface area contributed by atoms with Gasteiger partial charge in [-0.3, -0.25) is 4.99 Å².